The number of carbonyl (C=O) groups excluding carboxylic acids is 1. The number of hydrogen-bond donors (Lipinski definition) is 2. The monoisotopic (exact) mass is 202 g/mol. The van der Waals surface area contributed by atoms with Crippen molar-refractivity contribution in [3.8, 4) is 0 Å². The second kappa shape index (κ2) is 4.86. The summed E-state index contributed by atoms with van der Waals surface area (Å²) >= 11 is 1.89. The predicted octanol–water partition coefficient (Wildman–Crippen LogP) is 0.734. The summed E-state index contributed by atoms with van der Waals surface area (Å²) in [5.74, 6) is -0.0215. The summed E-state index contributed by atoms with van der Waals surface area (Å²) in [4.78, 5) is 11.3. The Morgan fingerprint density at radius 3 is 2.77 bits per heavy atom. The summed E-state index contributed by atoms with van der Waals surface area (Å²) < 4.78 is 0. The first-order valence-corrected chi connectivity index (χ1v) is 6.01. The molecule has 76 valence electrons. The summed E-state index contributed by atoms with van der Waals surface area (Å²) in [7, 11) is 0. The normalized spacial score (nSPS) is 30.1. The first-order chi connectivity index (χ1) is 6.13. The van der Waals surface area contributed by atoms with E-state index >= 15 is 0 Å². The van der Waals surface area contributed by atoms with Gasteiger partial charge in [0, 0.05) is 11.3 Å². The molecule has 1 aliphatic rings. The number of rotatable bonds is 3. The fraction of sp³-hybridized carbons (Fsp3) is 0.889. The topological polar surface area (TPSA) is 55.1 Å². The number of carbonyl (C=O) groups is 1. The number of nitrogens with two attached hydrogens (primary N) is 1. The largest absolute Gasteiger partial charge is 0.352 e. The zero-order valence-corrected chi connectivity index (χ0v) is 9.06. The molecule has 0 heterocycles. The minimum absolute atomic E-state index is 0.0215. The highest BCUT2D eigenvalue weighted by molar-refractivity contribution is 7.99. The lowest BCUT2D eigenvalue weighted by molar-refractivity contribution is -0.122. The molecule has 0 aromatic carbocycles. The average Bonchev–Trinajstić information content (AvgIpc) is 2.52. The molecule has 3 nitrogen and oxygen atoms in total. The molecule has 0 bridgehead atoms. The van der Waals surface area contributed by atoms with Crippen molar-refractivity contribution in [2.45, 2.75) is 43.5 Å². The molecule has 3 atom stereocenters. The number of thioether (sulfide) groups is 1. The van der Waals surface area contributed by atoms with Gasteiger partial charge in [0.15, 0.2) is 0 Å². The van der Waals surface area contributed by atoms with E-state index in [1.165, 1.54) is 6.42 Å². The van der Waals surface area contributed by atoms with Gasteiger partial charge in [0.05, 0.1) is 6.04 Å². The van der Waals surface area contributed by atoms with Gasteiger partial charge < -0.3 is 11.1 Å². The molecule has 1 fully saturated rings. The van der Waals surface area contributed by atoms with Crippen molar-refractivity contribution in [2.24, 2.45) is 5.73 Å². The molecule has 1 aliphatic carbocycles. The van der Waals surface area contributed by atoms with Gasteiger partial charge in [0.25, 0.3) is 0 Å². The van der Waals surface area contributed by atoms with Crippen LogP contribution in [0.4, 0.5) is 0 Å². The van der Waals surface area contributed by atoms with Gasteiger partial charge in [-0.05, 0) is 32.4 Å². The average molecular weight is 202 g/mol. The maximum Gasteiger partial charge on any atom is 0.236 e. The lowest BCUT2D eigenvalue weighted by Gasteiger charge is -2.14. The van der Waals surface area contributed by atoms with Crippen LogP contribution in [0.3, 0.4) is 0 Å². The third-order valence-electron chi connectivity index (χ3n) is 2.48. The molecule has 1 amide bonds. The summed E-state index contributed by atoms with van der Waals surface area (Å²) in [6, 6.07) is -0.0238. The van der Waals surface area contributed by atoms with Crippen LogP contribution in [0.25, 0.3) is 0 Å². The minimum Gasteiger partial charge on any atom is -0.352 e. The predicted molar refractivity (Wildman–Crippen MR) is 56.7 cm³/mol. The first-order valence-electron chi connectivity index (χ1n) is 4.72. The van der Waals surface area contributed by atoms with E-state index in [1.54, 1.807) is 6.92 Å². The third kappa shape index (κ3) is 3.19. The molecule has 0 aromatic heterocycles. The second-order valence-corrected chi connectivity index (χ2v) is 4.80. The Labute approximate surface area is 83.8 Å². The highest BCUT2D eigenvalue weighted by atomic mass is 32.2. The SMILES string of the molecule is CSC1CCC(NC(=O)[C@@H](C)N)C1. The van der Waals surface area contributed by atoms with E-state index in [9.17, 15) is 4.79 Å². The van der Waals surface area contributed by atoms with Gasteiger partial charge in [-0.25, -0.2) is 0 Å². The Morgan fingerprint density at radius 2 is 2.31 bits per heavy atom. The van der Waals surface area contributed by atoms with E-state index < -0.39 is 0 Å². The quantitative estimate of drug-likeness (QED) is 0.709. The van der Waals surface area contributed by atoms with E-state index in [1.807, 2.05) is 11.8 Å². The third-order valence-corrected chi connectivity index (χ3v) is 3.57. The van der Waals surface area contributed by atoms with Crippen LogP contribution in [-0.2, 0) is 4.79 Å². The molecule has 0 saturated heterocycles. The number of amides is 1. The van der Waals surface area contributed by atoms with Crippen molar-refractivity contribution in [3.05, 3.63) is 0 Å². The Bertz CT molecular complexity index is 184. The molecular weight excluding hydrogens is 184 g/mol. The van der Waals surface area contributed by atoms with Crippen molar-refractivity contribution in [3.63, 3.8) is 0 Å². The summed E-state index contributed by atoms with van der Waals surface area (Å²) in [6.07, 6.45) is 5.54. The minimum atomic E-state index is -0.381. The van der Waals surface area contributed by atoms with Gasteiger partial charge in [0.2, 0.25) is 5.91 Å². The van der Waals surface area contributed by atoms with Gasteiger partial charge in [-0.3, -0.25) is 4.79 Å². The van der Waals surface area contributed by atoms with Crippen LogP contribution in [0.1, 0.15) is 26.2 Å². The van der Waals surface area contributed by atoms with Crippen molar-refractivity contribution >= 4 is 17.7 Å². The van der Waals surface area contributed by atoms with Crippen molar-refractivity contribution < 1.29 is 4.79 Å². The highest BCUT2D eigenvalue weighted by Crippen LogP contribution is 2.27. The van der Waals surface area contributed by atoms with Crippen LogP contribution in [0.2, 0.25) is 0 Å². The molecule has 1 rings (SSSR count). The number of hydrogen-bond acceptors (Lipinski definition) is 3. The molecular formula is C9H18N2OS. The Morgan fingerprint density at radius 1 is 1.62 bits per heavy atom. The van der Waals surface area contributed by atoms with E-state index in [0.29, 0.717) is 6.04 Å². The van der Waals surface area contributed by atoms with Crippen molar-refractivity contribution in [1.29, 1.82) is 0 Å². The Kier molecular flexibility index (Phi) is 4.06. The van der Waals surface area contributed by atoms with Gasteiger partial charge in [-0.15, -0.1) is 0 Å². The zero-order valence-electron chi connectivity index (χ0n) is 8.25. The van der Waals surface area contributed by atoms with Gasteiger partial charge in [-0.1, -0.05) is 0 Å². The van der Waals surface area contributed by atoms with Gasteiger partial charge in [-0.2, -0.15) is 11.8 Å². The van der Waals surface area contributed by atoms with E-state index in [-0.39, 0.29) is 11.9 Å². The van der Waals surface area contributed by atoms with Gasteiger partial charge >= 0.3 is 0 Å². The Hall–Kier alpha value is -0.220. The maximum atomic E-state index is 11.3. The van der Waals surface area contributed by atoms with Crippen molar-refractivity contribution in [1.82, 2.24) is 5.32 Å². The lowest BCUT2D eigenvalue weighted by Crippen LogP contribution is -2.43. The molecule has 13 heavy (non-hydrogen) atoms. The Balaban J connectivity index is 2.28. The lowest BCUT2D eigenvalue weighted by atomic mass is 10.2. The number of nitrogens with one attached hydrogen (secondary N) is 1. The smallest absolute Gasteiger partial charge is 0.236 e. The van der Waals surface area contributed by atoms with Crippen LogP contribution >= 0.6 is 11.8 Å². The van der Waals surface area contributed by atoms with Crippen LogP contribution in [0, 0.1) is 0 Å². The summed E-state index contributed by atoms with van der Waals surface area (Å²) in [6.45, 7) is 1.72. The summed E-state index contributed by atoms with van der Waals surface area (Å²) in [5, 5.41) is 3.69. The molecule has 0 radical (unpaired) electrons. The molecule has 3 N–H and O–H groups in total. The van der Waals surface area contributed by atoms with Crippen LogP contribution in [0.5, 0.6) is 0 Å². The standard InChI is InChI=1S/C9H18N2OS/c1-6(10)9(12)11-7-3-4-8(5-7)13-2/h6-8H,3-5,10H2,1-2H3,(H,11,12)/t6-,7?,8?/m1/s1. The van der Waals surface area contributed by atoms with E-state index in [2.05, 4.69) is 11.6 Å². The van der Waals surface area contributed by atoms with Crippen molar-refractivity contribution in [2.75, 3.05) is 6.26 Å². The molecule has 0 aromatic rings. The molecule has 1 saturated carbocycles. The fourth-order valence-corrected chi connectivity index (χ4v) is 2.41. The summed E-state index contributed by atoms with van der Waals surface area (Å²) in [5.41, 5.74) is 5.46. The van der Waals surface area contributed by atoms with Crippen LogP contribution in [-0.4, -0.2) is 29.5 Å². The molecule has 4 heteroatoms. The molecule has 0 aliphatic heterocycles. The first kappa shape index (κ1) is 10.9. The molecule has 2 unspecified atom stereocenters. The zero-order chi connectivity index (χ0) is 9.84. The van der Waals surface area contributed by atoms with E-state index in [4.69, 9.17) is 5.73 Å². The van der Waals surface area contributed by atoms with Crippen LogP contribution < -0.4 is 11.1 Å². The van der Waals surface area contributed by atoms with E-state index in [0.717, 1.165) is 18.1 Å². The highest BCUT2D eigenvalue weighted by Gasteiger charge is 2.25. The second-order valence-electron chi connectivity index (χ2n) is 3.66. The van der Waals surface area contributed by atoms with Crippen LogP contribution in [0.15, 0.2) is 0 Å². The van der Waals surface area contributed by atoms with Gasteiger partial charge in [0.1, 0.15) is 0 Å². The molecule has 0 spiro atoms. The fourth-order valence-electron chi connectivity index (χ4n) is 1.62. The maximum absolute atomic E-state index is 11.3.